The summed E-state index contributed by atoms with van der Waals surface area (Å²) < 4.78 is 17.6. The molecule has 108 valence electrons. The van der Waals surface area contributed by atoms with Crippen molar-refractivity contribution in [2.24, 2.45) is 0 Å². The van der Waals surface area contributed by atoms with E-state index in [1.165, 1.54) is 10.8 Å². The average molecular weight is 394 g/mol. The second-order valence-electron chi connectivity index (χ2n) is 6.08. The lowest BCUT2D eigenvalue weighted by Crippen LogP contribution is -2.39. The molecule has 2 aliphatic rings. The molecule has 3 nitrogen and oxygen atoms in total. The van der Waals surface area contributed by atoms with Crippen molar-refractivity contribution in [3.8, 4) is 0 Å². The van der Waals surface area contributed by atoms with Crippen molar-refractivity contribution < 1.29 is 14.2 Å². The number of ether oxygens (including phenoxy) is 3. The minimum Gasteiger partial charge on any atom is -0.382 e. The molecule has 0 aromatic heterocycles. The Morgan fingerprint density at radius 1 is 1.42 bits per heavy atom. The molecule has 3 atom stereocenters. The van der Waals surface area contributed by atoms with Crippen LogP contribution < -0.4 is 0 Å². The molecular formula is C14H23IO3Si. The van der Waals surface area contributed by atoms with E-state index in [-0.39, 0.29) is 12.4 Å². The molecule has 1 fully saturated rings. The minimum atomic E-state index is -1.36. The smallest absolute Gasteiger partial charge is 0.181 e. The second-order valence-corrected chi connectivity index (χ2v) is 12.5. The van der Waals surface area contributed by atoms with Gasteiger partial charge in [-0.3, -0.25) is 0 Å². The summed E-state index contributed by atoms with van der Waals surface area (Å²) in [5, 5.41) is 1.48. The summed E-state index contributed by atoms with van der Waals surface area (Å²) in [6, 6.07) is 0. The van der Waals surface area contributed by atoms with E-state index in [0.29, 0.717) is 10.5 Å². The first-order valence-corrected chi connectivity index (χ1v) is 11.5. The number of allylic oxidation sites excluding steroid dienone is 3. The van der Waals surface area contributed by atoms with E-state index in [9.17, 15) is 0 Å². The summed E-state index contributed by atoms with van der Waals surface area (Å²) >= 11 is 2.47. The summed E-state index contributed by atoms with van der Waals surface area (Å²) in [5.41, 5.74) is 1.33. The molecule has 0 aromatic rings. The average Bonchev–Trinajstić information content (AvgIpc) is 2.72. The third-order valence-electron chi connectivity index (χ3n) is 3.48. The molecule has 0 radical (unpaired) electrons. The van der Waals surface area contributed by atoms with Gasteiger partial charge in [-0.25, -0.2) is 0 Å². The third kappa shape index (κ3) is 3.69. The molecule has 0 spiro atoms. The van der Waals surface area contributed by atoms with Gasteiger partial charge in [-0.1, -0.05) is 59.6 Å². The van der Waals surface area contributed by atoms with Gasteiger partial charge in [0.15, 0.2) is 6.29 Å². The fourth-order valence-corrected chi connectivity index (χ4v) is 5.40. The van der Waals surface area contributed by atoms with Crippen LogP contribution in [0.4, 0.5) is 0 Å². The van der Waals surface area contributed by atoms with Crippen molar-refractivity contribution in [2.75, 3.05) is 20.3 Å². The van der Waals surface area contributed by atoms with Gasteiger partial charge in [0.25, 0.3) is 0 Å². The maximum atomic E-state index is 6.08. The Bertz CT molecular complexity index is 385. The third-order valence-corrected chi connectivity index (χ3v) is 6.64. The van der Waals surface area contributed by atoms with Crippen LogP contribution in [-0.4, -0.2) is 44.7 Å². The van der Waals surface area contributed by atoms with E-state index in [1.54, 1.807) is 7.11 Å². The number of hydrogen-bond donors (Lipinski definition) is 0. The predicted molar refractivity (Wildman–Crippen MR) is 88.4 cm³/mol. The molecule has 0 amide bonds. The largest absolute Gasteiger partial charge is 0.382 e. The van der Waals surface area contributed by atoms with Crippen molar-refractivity contribution in [1.82, 2.24) is 0 Å². The van der Waals surface area contributed by atoms with Crippen LogP contribution in [0.2, 0.25) is 19.6 Å². The molecule has 1 heterocycles. The summed E-state index contributed by atoms with van der Waals surface area (Å²) in [6.07, 6.45) is 5.43. The molecule has 1 aliphatic heterocycles. The molecule has 5 heteroatoms. The highest BCUT2D eigenvalue weighted by Crippen LogP contribution is 2.36. The zero-order chi connectivity index (χ0) is 14.0. The van der Waals surface area contributed by atoms with Crippen LogP contribution in [0.15, 0.2) is 22.9 Å². The van der Waals surface area contributed by atoms with Gasteiger partial charge in [-0.2, -0.15) is 0 Å². The first-order chi connectivity index (χ1) is 8.93. The highest BCUT2D eigenvalue weighted by Gasteiger charge is 2.36. The first-order valence-electron chi connectivity index (χ1n) is 6.76. The number of hydrogen-bond acceptors (Lipinski definition) is 3. The van der Waals surface area contributed by atoms with Crippen molar-refractivity contribution in [1.29, 1.82) is 0 Å². The van der Waals surface area contributed by atoms with E-state index in [4.69, 9.17) is 14.2 Å². The van der Waals surface area contributed by atoms with Crippen LogP contribution >= 0.6 is 22.6 Å². The molecule has 19 heavy (non-hydrogen) atoms. The molecular weight excluding hydrogens is 371 g/mol. The van der Waals surface area contributed by atoms with Crippen LogP contribution in [0.1, 0.15) is 6.42 Å². The van der Waals surface area contributed by atoms with Crippen LogP contribution in [-0.2, 0) is 14.2 Å². The molecule has 0 saturated carbocycles. The Morgan fingerprint density at radius 2 is 2.16 bits per heavy atom. The fraction of sp³-hybridized carbons (Fsp3) is 0.714. The van der Waals surface area contributed by atoms with E-state index < -0.39 is 8.07 Å². The normalized spacial score (nSPS) is 32.2. The van der Waals surface area contributed by atoms with Gasteiger partial charge >= 0.3 is 0 Å². The predicted octanol–water partition coefficient (Wildman–Crippen LogP) is 3.31. The van der Waals surface area contributed by atoms with Gasteiger partial charge in [0, 0.05) is 12.7 Å². The highest BCUT2D eigenvalue weighted by molar-refractivity contribution is 14.1. The molecule has 2 rings (SSSR count). The summed E-state index contributed by atoms with van der Waals surface area (Å²) in [6.45, 7) is 8.52. The summed E-state index contributed by atoms with van der Waals surface area (Å²) in [7, 11) is 0.364. The van der Waals surface area contributed by atoms with E-state index in [2.05, 4.69) is 54.4 Å². The minimum absolute atomic E-state index is 0.156. The first kappa shape index (κ1) is 15.7. The number of methoxy groups -OCH3 is 1. The quantitative estimate of drug-likeness (QED) is 0.416. The van der Waals surface area contributed by atoms with Gasteiger partial charge < -0.3 is 14.2 Å². The lowest BCUT2D eigenvalue weighted by molar-refractivity contribution is -0.202. The van der Waals surface area contributed by atoms with Crippen molar-refractivity contribution >= 4 is 30.7 Å². The monoisotopic (exact) mass is 394 g/mol. The number of alkyl halides is 1. The zero-order valence-corrected chi connectivity index (χ0v) is 15.3. The van der Waals surface area contributed by atoms with Gasteiger partial charge in [-0.05, 0) is 6.42 Å². The lowest BCUT2D eigenvalue weighted by Gasteiger charge is -2.34. The molecule has 1 aliphatic carbocycles. The standard InChI is InChI=1S/C14H23IO3Si/c1-16-9-10-7-8-17-14(18-10)13-11(15)5-6-12(13)19(2,3)4/h5-6,10-11,14H,7-9H2,1-4H3/t10-,11?,14-/m0/s1. The van der Waals surface area contributed by atoms with Crippen LogP contribution in [0.5, 0.6) is 0 Å². The van der Waals surface area contributed by atoms with E-state index >= 15 is 0 Å². The maximum absolute atomic E-state index is 6.08. The van der Waals surface area contributed by atoms with Crippen molar-refractivity contribution in [2.45, 2.75) is 42.4 Å². The molecule has 0 N–H and O–H groups in total. The number of rotatable bonds is 4. The Balaban J connectivity index is 2.19. The fourth-order valence-electron chi connectivity index (χ4n) is 2.53. The molecule has 1 saturated heterocycles. The van der Waals surface area contributed by atoms with E-state index in [0.717, 1.165) is 13.0 Å². The zero-order valence-electron chi connectivity index (χ0n) is 12.1. The molecule has 1 unspecified atom stereocenters. The highest BCUT2D eigenvalue weighted by atomic mass is 127. The van der Waals surface area contributed by atoms with Gasteiger partial charge in [-0.15, -0.1) is 0 Å². The van der Waals surface area contributed by atoms with E-state index in [1.807, 2.05) is 0 Å². The summed E-state index contributed by atoms with van der Waals surface area (Å²) in [5.74, 6) is 0. The SMILES string of the molecule is COC[C@@H]1CCO[C@H](C2=C([Si](C)(C)C)C=CC2I)O1. The van der Waals surface area contributed by atoms with Crippen molar-refractivity contribution in [3.05, 3.63) is 22.9 Å². The maximum Gasteiger partial charge on any atom is 0.181 e. The summed E-state index contributed by atoms with van der Waals surface area (Å²) in [4.78, 5) is 0. The van der Waals surface area contributed by atoms with Gasteiger partial charge in [0.1, 0.15) is 0 Å². The Morgan fingerprint density at radius 3 is 2.79 bits per heavy atom. The Labute approximate surface area is 130 Å². The van der Waals surface area contributed by atoms with Gasteiger partial charge in [0.05, 0.1) is 31.3 Å². The topological polar surface area (TPSA) is 27.7 Å². The second kappa shape index (κ2) is 6.38. The lowest BCUT2D eigenvalue weighted by atomic mass is 10.2. The van der Waals surface area contributed by atoms with Crippen molar-refractivity contribution in [3.63, 3.8) is 0 Å². The molecule has 0 bridgehead atoms. The Hall–Kier alpha value is 0.307. The van der Waals surface area contributed by atoms with Crippen LogP contribution in [0.25, 0.3) is 0 Å². The van der Waals surface area contributed by atoms with Crippen LogP contribution in [0.3, 0.4) is 0 Å². The Kier molecular flexibility index (Phi) is 5.27. The van der Waals surface area contributed by atoms with Gasteiger partial charge in [0.2, 0.25) is 0 Å². The number of halogens is 1. The molecule has 0 aromatic carbocycles. The van der Waals surface area contributed by atoms with Crippen LogP contribution in [0, 0.1) is 0 Å².